The topological polar surface area (TPSA) is 106 Å². The van der Waals surface area contributed by atoms with E-state index >= 15 is 0 Å². The summed E-state index contributed by atoms with van der Waals surface area (Å²) in [5.74, 6) is -3.25. The normalized spacial score (nSPS) is 20.5. The summed E-state index contributed by atoms with van der Waals surface area (Å²) >= 11 is 5.60. The van der Waals surface area contributed by atoms with Gasteiger partial charge >= 0.3 is 5.97 Å². The molecule has 0 aromatic heterocycles. The first kappa shape index (κ1) is 6.88. The van der Waals surface area contributed by atoms with Crippen molar-refractivity contribution in [3.05, 3.63) is 28.7 Å². The van der Waals surface area contributed by atoms with Crippen LogP contribution in [0.5, 0.6) is 0 Å². The molecule has 0 unspecified atom stereocenters. The average molecular weight is 248 g/mol. The van der Waals surface area contributed by atoms with E-state index in [0.717, 1.165) is 0 Å². The lowest BCUT2D eigenvalue weighted by atomic mass is 10.0. The SMILES string of the molecule is [2H]c1c([2H])c(C(=O)[C@H]([2H])[C@]([2H])(N)C(=O)O)c(N)c([2H])c1Cl. The fourth-order valence-electron chi connectivity index (χ4n) is 0.866. The Balaban J connectivity index is 3.49. The Labute approximate surface area is 104 Å². The van der Waals surface area contributed by atoms with Crippen molar-refractivity contribution < 1.29 is 21.5 Å². The van der Waals surface area contributed by atoms with Crippen molar-refractivity contribution >= 4 is 29.0 Å². The summed E-state index contributed by atoms with van der Waals surface area (Å²) in [6.45, 7) is 0. The molecule has 1 aromatic carbocycles. The van der Waals surface area contributed by atoms with Crippen LogP contribution in [0.15, 0.2) is 18.1 Å². The Hall–Kier alpha value is -1.59. The maximum Gasteiger partial charge on any atom is 0.320 e. The third kappa shape index (κ3) is 2.95. The molecule has 2 atom stereocenters. The maximum absolute atomic E-state index is 12.1. The molecular formula is C10H11ClN2O3. The van der Waals surface area contributed by atoms with Crippen LogP contribution in [0, 0.1) is 0 Å². The Morgan fingerprint density at radius 1 is 1.69 bits per heavy atom. The van der Waals surface area contributed by atoms with Gasteiger partial charge in [0.2, 0.25) is 0 Å². The molecular weight excluding hydrogens is 232 g/mol. The van der Waals surface area contributed by atoms with Gasteiger partial charge in [0.1, 0.15) is 6.02 Å². The molecule has 5 nitrogen and oxygen atoms in total. The largest absolute Gasteiger partial charge is 0.480 e. The van der Waals surface area contributed by atoms with Gasteiger partial charge in [-0.3, -0.25) is 9.59 Å². The number of hydrogen-bond donors (Lipinski definition) is 3. The average Bonchev–Trinajstić information content (AvgIpc) is 2.41. The van der Waals surface area contributed by atoms with Crippen LogP contribution in [0.3, 0.4) is 0 Å². The van der Waals surface area contributed by atoms with Gasteiger partial charge in [0.05, 0.1) is 5.48 Å². The molecule has 86 valence electrons. The van der Waals surface area contributed by atoms with Crippen molar-refractivity contribution in [2.45, 2.75) is 12.4 Å². The molecule has 0 heterocycles. The van der Waals surface area contributed by atoms with Gasteiger partial charge < -0.3 is 16.6 Å². The van der Waals surface area contributed by atoms with Crippen molar-refractivity contribution in [2.75, 3.05) is 5.73 Å². The zero-order valence-electron chi connectivity index (χ0n) is 12.9. The summed E-state index contributed by atoms with van der Waals surface area (Å²) in [7, 11) is 0. The number of carboxylic acid groups (broad SMARTS) is 1. The predicted molar refractivity (Wildman–Crippen MR) is 60.4 cm³/mol. The number of anilines is 1. The number of halogens is 1. The number of carbonyl (C=O) groups is 2. The van der Waals surface area contributed by atoms with Crippen LogP contribution in [-0.2, 0) is 4.79 Å². The highest BCUT2D eigenvalue weighted by atomic mass is 35.5. The van der Waals surface area contributed by atoms with E-state index in [1.54, 1.807) is 0 Å². The lowest BCUT2D eigenvalue weighted by molar-refractivity contribution is -0.138. The summed E-state index contributed by atoms with van der Waals surface area (Å²) in [5, 5.41) is 8.30. The number of Topliss-reactive ketones (excluding diaryl/α,β-unsaturated/α-hetero) is 1. The zero-order chi connectivity index (χ0) is 16.7. The number of benzene rings is 1. The summed E-state index contributed by atoms with van der Waals surface area (Å²) < 4.78 is 37.4. The van der Waals surface area contributed by atoms with E-state index < -0.39 is 58.6 Å². The minimum Gasteiger partial charge on any atom is -0.480 e. The highest BCUT2D eigenvalue weighted by molar-refractivity contribution is 6.31. The standard InChI is InChI=1S/C10H11ClN2O3/c11-5-1-2-6(7(12)3-5)9(14)4-8(13)10(15)16/h1-3,8H,4,12-13H2,(H,15,16)/t8-/m0/s1/i1D,2D,3D,4D,8D/t4-,8+/m1. The first-order chi connectivity index (χ1) is 9.44. The molecule has 16 heavy (non-hydrogen) atoms. The van der Waals surface area contributed by atoms with Gasteiger partial charge in [0.15, 0.2) is 5.78 Å². The molecule has 6 heteroatoms. The fraction of sp³-hybridized carbons (Fsp3) is 0.200. The zero-order valence-corrected chi connectivity index (χ0v) is 8.63. The molecule has 0 aliphatic carbocycles. The van der Waals surface area contributed by atoms with Crippen LogP contribution in [0.25, 0.3) is 0 Å². The minimum absolute atomic E-state index is 0.446. The lowest BCUT2D eigenvalue weighted by Gasteiger charge is -2.07. The van der Waals surface area contributed by atoms with Gasteiger partial charge in [0.25, 0.3) is 0 Å². The van der Waals surface area contributed by atoms with Gasteiger partial charge in [-0.05, 0) is 18.1 Å². The molecule has 0 bridgehead atoms. The third-order valence-electron chi connectivity index (χ3n) is 1.59. The molecule has 0 amide bonds. The fourth-order valence-corrected chi connectivity index (χ4v) is 1.02. The van der Waals surface area contributed by atoms with Crippen LogP contribution < -0.4 is 11.5 Å². The van der Waals surface area contributed by atoms with Crippen molar-refractivity contribution in [3.8, 4) is 0 Å². The summed E-state index contributed by atoms with van der Waals surface area (Å²) in [6.07, 6.45) is -2.29. The summed E-state index contributed by atoms with van der Waals surface area (Å²) in [5.41, 5.74) is 9.29. The summed E-state index contributed by atoms with van der Waals surface area (Å²) in [4.78, 5) is 22.9. The molecule has 1 aromatic rings. The Morgan fingerprint density at radius 2 is 2.31 bits per heavy atom. The summed E-state index contributed by atoms with van der Waals surface area (Å²) in [6, 6.07) is -4.96. The number of ketones is 1. The third-order valence-corrected chi connectivity index (χ3v) is 1.78. The molecule has 5 N–H and O–H groups in total. The van der Waals surface area contributed by atoms with E-state index in [4.69, 9.17) is 35.0 Å². The number of aliphatic carboxylic acids is 1. The van der Waals surface area contributed by atoms with E-state index in [0.29, 0.717) is 0 Å². The molecule has 0 aliphatic rings. The molecule has 1 rings (SSSR count). The first-order valence-corrected chi connectivity index (χ1v) is 4.35. The van der Waals surface area contributed by atoms with Crippen molar-refractivity contribution in [3.63, 3.8) is 0 Å². The monoisotopic (exact) mass is 247 g/mol. The molecule has 0 saturated heterocycles. The van der Waals surface area contributed by atoms with Crippen LogP contribution >= 0.6 is 11.6 Å². The van der Waals surface area contributed by atoms with Crippen LogP contribution in [0.2, 0.25) is 5.02 Å². The second-order valence-corrected chi connectivity index (χ2v) is 3.12. The van der Waals surface area contributed by atoms with Crippen LogP contribution in [0.1, 0.15) is 23.6 Å². The second kappa shape index (κ2) is 4.96. The second-order valence-electron chi connectivity index (χ2n) is 2.75. The number of nitrogens with two attached hydrogens (primary N) is 2. The Morgan fingerprint density at radius 3 is 2.88 bits per heavy atom. The van der Waals surface area contributed by atoms with Gasteiger partial charge in [-0.15, -0.1) is 0 Å². The molecule has 0 saturated carbocycles. The highest BCUT2D eigenvalue weighted by Gasteiger charge is 2.18. The van der Waals surface area contributed by atoms with E-state index in [1.807, 2.05) is 0 Å². The Bertz CT molecular complexity index is 609. The number of rotatable bonds is 4. The molecule has 0 fully saturated rings. The van der Waals surface area contributed by atoms with Gasteiger partial charge in [-0.2, -0.15) is 0 Å². The first-order valence-electron chi connectivity index (χ1n) is 6.55. The quantitative estimate of drug-likeness (QED) is 0.542. The van der Waals surface area contributed by atoms with Crippen molar-refractivity contribution in [2.24, 2.45) is 5.73 Å². The van der Waals surface area contributed by atoms with Gasteiger partial charge in [0, 0.05) is 24.0 Å². The number of hydrogen-bond acceptors (Lipinski definition) is 4. The maximum atomic E-state index is 12.1. The Kier molecular flexibility index (Phi) is 2.13. The van der Waals surface area contributed by atoms with E-state index in [2.05, 4.69) is 0 Å². The van der Waals surface area contributed by atoms with Gasteiger partial charge in [-0.25, -0.2) is 0 Å². The number of nitrogen functional groups attached to an aromatic ring is 1. The highest BCUT2D eigenvalue weighted by Crippen LogP contribution is 2.19. The van der Waals surface area contributed by atoms with Crippen LogP contribution in [-0.4, -0.2) is 22.9 Å². The lowest BCUT2D eigenvalue weighted by Crippen LogP contribution is -2.32. The molecule has 0 radical (unpaired) electrons. The number of carbonyl (C=O) groups excluding carboxylic acids is 1. The van der Waals surface area contributed by atoms with Crippen LogP contribution in [0.4, 0.5) is 5.69 Å². The molecule has 0 spiro atoms. The van der Waals surface area contributed by atoms with Crippen molar-refractivity contribution in [1.29, 1.82) is 0 Å². The smallest absolute Gasteiger partial charge is 0.320 e. The van der Waals surface area contributed by atoms with Gasteiger partial charge in [-0.1, -0.05) is 11.6 Å². The van der Waals surface area contributed by atoms with E-state index in [-0.39, 0.29) is 0 Å². The predicted octanol–water partition coefficient (Wildman–Crippen LogP) is 0.907. The number of carboxylic acids is 1. The minimum atomic E-state index is -2.96. The molecule has 0 aliphatic heterocycles. The van der Waals surface area contributed by atoms with E-state index in [9.17, 15) is 9.59 Å². The van der Waals surface area contributed by atoms with E-state index in [1.165, 1.54) is 0 Å². The van der Waals surface area contributed by atoms with Crippen molar-refractivity contribution in [1.82, 2.24) is 0 Å².